The van der Waals surface area contributed by atoms with E-state index in [2.05, 4.69) is 31.9 Å². The standard InChI is InChI=1S/C24H30N8O2/c33-22(29-24-25-11-13-34-24)19-10-5-12-32(19)23-26-17-9-4-8-16(17)21(28-23)27-20-14-18(30-31-20)15-6-2-1-3-7-15/h11,13-15,19H,1-10,12H2,(H,25,29,33)(H2,26,27,28,30,31)/t19-/m1/s1. The van der Waals surface area contributed by atoms with Gasteiger partial charge in [-0.15, -0.1) is 0 Å². The van der Waals surface area contributed by atoms with Crippen molar-refractivity contribution in [3.05, 3.63) is 35.5 Å². The first kappa shape index (κ1) is 21.1. The fraction of sp³-hybridized carbons (Fsp3) is 0.542. The lowest BCUT2D eigenvalue weighted by Crippen LogP contribution is -2.40. The highest BCUT2D eigenvalue weighted by molar-refractivity contribution is 5.95. The highest BCUT2D eigenvalue weighted by Gasteiger charge is 2.34. The molecule has 2 fully saturated rings. The molecular formula is C24H30N8O2. The van der Waals surface area contributed by atoms with Crippen LogP contribution < -0.4 is 15.5 Å². The van der Waals surface area contributed by atoms with Crippen LogP contribution in [0.5, 0.6) is 0 Å². The van der Waals surface area contributed by atoms with Crippen LogP contribution in [-0.2, 0) is 17.6 Å². The number of hydrogen-bond donors (Lipinski definition) is 3. The maximum atomic E-state index is 12.9. The molecule has 34 heavy (non-hydrogen) atoms. The average Bonchev–Trinajstić information content (AvgIpc) is 3.67. The Bertz CT molecular complexity index is 1150. The van der Waals surface area contributed by atoms with Gasteiger partial charge in [0.05, 0.1) is 11.9 Å². The minimum Gasteiger partial charge on any atom is -0.432 e. The van der Waals surface area contributed by atoms with Crippen LogP contribution in [0.4, 0.5) is 23.6 Å². The number of hydrogen-bond acceptors (Lipinski definition) is 8. The van der Waals surface area contributed by atoms with Crippen LogP contribution in [0.3, 0.4) is 0 Å². The molecule has 0 spiro atoms. The van der Waals surface area contributed by atoms with Gasteiger partial charge in [-0.25, -0.2) is 9.97 Å². The Balaban J connectivity index is 1.24. The molecule has 1 saturated carbocycles. The Morgan fingerprint density at radius 2 is 2.00 bits per heavy atom. The van der Waals surface area contributed by atoms with E-state index in [1.807, 2.05) is 4.90 Å². The topological polar surface area (TPSA) is 125 Å². The van der Waals surface area contributed by atoms with Crippen molar-refractivity contribution >= 4 is 29.5 Å². The van der Waals surface area contributed by atoms with Crippen LogP contribution in [0, 0.1) is 0 Å². The molecule has 178 valence electrons. The number of rotatable bonds is 6. The predicted molar refractivity (Wildman–Crippen MR) is 127 cm³/mol. The normalized spacial score (nSPS) is 20.5. The van der Waals surface area contributed by atoms with Crippen molar-refractivity contribution in [2.45, 2.75) is 76.2 Å². The highest BCUT2D eigenvalue weighted by Crippen LogP contribution is 2.35. The summed E-state index contributed by atoms with van der Waals surface area (Å²) < 4.78 is 5.18. The SMILES string of the molecule is O=C(Nc1ncco1)[C@H]1CCCN1c1nc2c(c(Nc3cc(C4CCCCC4)[nH]n3)n1)CCC2. The third kappa shape index (κ3) is 4.12. The van der Waals surface area contributed by atoms with Gasteiger partial charge in [0.2, 0.25) is 5.95 Å². The molecule has 6 rings (SSSR count). The van der Waals surface area contributed by atoms with Crippen LogP contribution in [0.1, 0.15) is 74.2 Å². The van der Waals surface area contributed by atoms with E-state index in [0.29, 0.717) is 11.9 Å². The highest BCUT2D eigenvalue weighted by atomic mass is 16.4. The molecular weight excluding hydrogens is 432 g/mol. The number of carbonyl (C=O) groups is 1. The van der Waals surface area contributed by atoms with Crippen molar-refractivity contribution in [1.82, 2.24) is 25.1 Å². The molecule has 1 atom stereocenters. The molecule has 4 heterocycles. The molecule has 1 saturated heterocycles. The summed E-state index contributed by atoms with van der Waals surface area (Å²) >= 11 is 0. The molecule has 3 aliphatic rings. The number of anilines is 4. The van der Waals surface area contributed by atoms with Crippen LogP contribution in [0.2, 0.25) is 0 Å². The van der Waals surface area contributed by atoms with E-state index in [4.69, 9.17) is 14.4 Å². The van der Waals surface area contributed by atoms with Gasteiger partial charge in [0.15, 0.2) is 5.82 Å². The maximum absolute atomic E-state index is 12.9. The Morgan fingerprint density at radius 3 is 2.85 bits per heavy atom. The van der Waals surface area contributed by atoms with Gasteiger partial charge in [-0.1, -0.05) is 19.3 Å². The lowest BCUT2D eigenvalue weighted by Gasteiger charge is -2.24. The molecule has 3 aromatic heterocycles. The van der Waals surface area contributed by atoms with Gasteiger partial charge in [-0.05, 0) is 44.9 Å². The zero-order valence-corrected chi connectivity index (χ0v) is 19.2. The third-order valence-electron chi connectivity index (χ3n) is 7.29. The first-order valence-corrected chi connectivity index (χ1v) is 12.4. The smallest absolute Gasteiger partial charge is 0.301 e. The van der Waals surface area contributed by atoms with E-state index >= 15 is 0 Å². The first-order valence-electron chi connectivity index (χ1n) is 12.4. The van der Waals surface area contributed by atoms with E-state index in [0.717, 1.165) is 61.5 Å². The van der Waals surface area contributed by atoms with E-state index in [1.54, 1.807) is 0 Å². The first-order chi connectivity index (χ1) is 16.7. The Hall–Kier alpha value is -3.43. The second-order valence-electron chi connectivity index (χ2n) is 9.50. The lowest BCUT2D eigenvalue weighted by molar-refractivity contribution is -0.117. The van der Waals surface area contributed by atoms with Gasteiger partial charge in [0, 0.05) is 29.8 Å². The fourth-order valence-corrected chi connectivity index (χ4v) is 5.55. The molecule has 10 nitrogen and oxygen atoms in total. The predicted octanol–water partition coefficient (Wildman–Crippen LogP) is 4.08. The second-order valence-corrected chi connectivity index (χ2v) is 9.50. The number of aromatic amines is 1. The van der Waals surface area contributed by atoms with Crippen molar-refractivity contribution in [3.63, 3.8) is 0 Å². The summed E-state index contributed by atoms with van der Waals surface area (Å²) in [4.78, 5) is 28.7. The lowest BCUT2D eigenvalue weighted by atomic mass is 9.87. The molecule has 0 aromatic carbocycles. The van der Waals surface area contributed by atoms with Gasteiger partial charge in [-0.2, -0.15) is 10.1 Å². The number of nitrogens with one attached hydrogen (secondary N) is 3. The molecule has 10 heteroatoms. The number of H-pyrrole nitrogens is 1. The van der Waals surface area contributed by atoms with Gasteiger partial charge in [0.1, 0.15) is 18.1 Å². The van der Waals surface area contributed by atoms with Gasteiger partial charge >= 0.3 is 6.01 Å². The Kier molecular flexibility index (Phi) is 5.64. The van der Waals surface area contributed by atoms with Gasteiger partial charge in [-0.3, -0.25) is 15.2 Å². The number of carbonyl (C=O) groups excluding carboxylic acids is 1. The van der Waals surface area contributed by atoms with E-state index in [-0.39, 0.29) is 18.0 Å². The number of nitrogens with zero attached hydrogens (tertiary/aromatic N) is 5. The van der Waals surface area contributed by atoms with Crippen molar-refractivity contribution in [2.75, 3.05) is 22.1 Å². The largest absolute Gasteiger partial charge is 0.432 e. The average molecular weight is 463 g/mol. The van der Waals surface area contributed by atoms with Crippen LogP contribution in [0.25, 0.3) is 0 Å². The minimum absolute atomic E-state index is 0.150. The zero-order valence-electron chi connectivity index (χ0n) is 19.2. The number of aryl methyl sites for hydroxylation is 1. The summed E-state index contributed by atoms with van der Waals surface area (Å²) in [7, 11) is 0. The van der Waals surface area contributed by atoms with Crippen LogP contribution in [0.15, 0.2) is 22.9 Å². The van der Waals surface area contributed by atoms with Gasteiger partial charge < -0.3 is 14.6 Å². The number of aromatic nitrogens is 5. The monoisotopic (exact) mass is 462 g/mol. The molecule has 0 unspecified atom stereocenters. The molecule has 3 aromatic rings. The molecule has 0 radical (unpaired) electrons. The molecule has 2 aliphatic carbocycles. The van der Waals surface area contributed by atoms with Crippen LogP contribution >= 0.6 is 0 Å². The van der Waals surface area contributed by atoms with Crippen LogP contribution in [-0.4, -0.2) is 43.6 Å². The van der Waals surface area contributed by atoms with Crippen molar-refractivity contribution in [2.24, 2.45) is 0 Å². The van der Waals surface area contributed by atoms with Crippen molar-refractivity contribution < 1.29 is 9.21 Å². The number of oxazole rings is 1. The summed E-state index contributed by atoms with van der Waals surface area (Å²) in [6, 6.07) is 1.98. The molecule has 0 bridgehead atoms. The third-order valence-corrected chi connectivity index (χ3v) is 7.29. The molecule has 1 amide bonds. The fourth-order valence-electron chi connectivity index (χ4n) is 5.55. The van der Waals surface area contributed by atoms with E-state index < -0.39 is 0 Å². The Morgan fingerprint density at radius 1 is 1.09 bits per heavy atom. The summed E-state index contributed by atoms with van der Waals surface area (Å²) in [5.74, 6) is 2.60. The number of fused-ring (bicyclic) bond motifs is 1. The molecule has 3 N–H and O–H groups in total. The summed E-state index contributed by atoms with van der Waals surface area (Å²) in [6.07, 6.45) is 13.9. The summed E-state index contributed by atoms with van der Waals surface area (Å²) in [5.41, 5.74) is 3.43. The van der Waals surface area contributed by atoms with E-state index in [1.165, 1.54) is 50.3 Å². The minimum atomic E-state index is -0.359. The van der Waals surface area contributed by atoms with Crippen molar-refractivity contribution in [3.8, 4) is 0 Å². The Labute approximate surface area is 198 Å². The maximum Gasteiger partial charge on any atom is 0.301 e. The molecule has 1 aliphatic heterocycles. The van der Waals surface area contributed by atoms with E-state index in [9.17, 15) is 4.79 Å². The van der Waals surface area contributed by atoms with Crippen molar-refractivity contribution in [1.29, 1.82) is 0 Å². The summed E-state index contributed by atoms with van der Waals surface area (Å²) in [5, 5.41) is 14.0. The summed E-state index contributed by atoms with van der Waals surface area (Å²) in [6.45, 7) is 0.732. The quantitative estimate of drug-likeness (QED) is 0.501. The second kappa shape index (κ2) is 9.08. The number of amides is 1. The zero-order chi connectivity index (χ0) is 22.9. The van der Waals surface area contributed by atoms with Gasteiger partial charge in [0.25, 0.3) is 5.91 Å².